The van der Waals surface area contributed by atoms with Crippen molar-refractivity contribution < 1.29 is 32.5 Å². The molecule has 1 aliphatic carbocycles. The minimum Gasteiger partial charge on any atom is -0.491 e. The van der Waals surface area contributed by atoms with Gasteiger partial charge in [0.15, 0.2) is 0 Å². The van der Waals surface area contributed by atoms with Crippen LogP contribution in [0, 0.1) is 5.41 Å². The molecule has 2 saturated heterocycles. The Morgan fingerprint density at radius 1 is 1.06 bits per heavy atom. The van der Waals surface area contributed by atoms with Crippen LogP contribution in [0.1, 0.15) is 56.6 Å². The zero-order valence-corrected chi connectivity index (χ0v) is 26.9. The first-order chi connectivity index (χ1) is 22.9. The van der Waals surface area contributed by atoms with Crippen molar-refractivity contribution in [3.63, 3.8) is 0 Å². The van der Waals surface area contributed by atoms with Crippen molar-refractivity contribution in [2.75, 3.05) is 30.3 Å². The Morgan fingerprint density at radius 2 is 1.77 bits per heavy atom. The fraction of sp³-hybridized carbons (Fsp3) is 0.417. The van der Waals surface area contributed by atoms with Crippen molar-refractivity contribution in [1.82, 2.24) is 15.3 Å². The molecule has 3 aliphatic rings. The molecule has 3 heterocycles. The monoisotopic (exact) mass is 663 g/mol. The number of anilines is 2. The Labute approximate surface area is 277 Å². The standard InChI is InChI=1S/C36H40F3N5O4/c1-22(2)47-26-11-8-23(9-12-26)25-10-13-27(28(18-25)24-6-4-3-5-7-24)32(36(37,38)39)48-31-19-30(42-34(40)43-31)44-16-14-35(15-17-44)20-29(33(45)46)41-21-35/h3-9,11-13,18-19,22,25,29,32,41H,10,14-17,20-21H2,1-2H3,(H,45,46)(H2,40,42,43). The molecule has 2 aliphatic heterocycles. The lowest BCUT2D eigenvalue weighted by molar-refractivity contribution is -0.182. The van der Waals surface area contributed by atoms with E-state index in [-0.39, 0.29) is 34.8 Å². The second-order valence-electron chi connectivity index (χ2n) is 13.1. The Hall–Kier alpha value is -4.58. The zero-order valence-electron chi connectivity index (χ0n) is 26.9. The number of nitrogen functional groups attached to an aromatic ring is 1. The number of nitrogens with zero attached hydrogens (tertiary/aromatic N) is 3. The number of nitrogens with one attached hydrogen (secondary N) is 1. The summed E-state index contributed by atoms with van der Waals surface area (Å²) in [5.41, 5.74) is 7.91. The SMILES string of the molecule is CC(C)Oc1ccc(C2C=C(c3ccccc3)C(C(Oc3cc(N4CCC5(CC4)CNC(C(=O)O)C5)nc(N)n3)C(F)(F)F)=CC2)cc1. The predicted octanol–water partition coefficient (Wildman–Crippen LogP) is 6.39. The van der Waals surface area contributed by atoms with Gasteiger partial charge >= 0.3 is 12.1 Å². The third kappa shape index (κ3) is 7.43. The number of rotatable bonds is 9. The summed E-state index contributed by atoms with van der Waals surface area (Å²) in [5, 5.41) is 12.5. The third-order valence-corrected chi connectivity index (χ3v) is 9.37. The lowest BCUT2D eigenvalue weighted by Gasteiger charge is -2.39. The Balaban J connectivity index is 1.25. The molecule has 2 fully saturated rings. The second-order valence-corrected chi connectivity index (χ2v) is 13.1. The van der Waals surface area contributed by atoms with Crippen LogP contribution in [-0.4, -0.2) is 65.1 Å². The molecule has 1 spiro atoms. The van der Waals surface area contributed by atoms with E-state index < -0.39 is 24.3 Å². The van der Waals surface area contributed by atoms with Crippen molar-refractivity contribution in [3.05, 3.63) is 89.5 Å². The van der Waals surface area contributed by atoms with Gasteiger partial charge in [0.05, 0.1) is 6.10 Å². The maximum atomic E-state index is 14.9. The van der Waals surface area contributed by atoms with Crippen LogP contribution >= 0.6 is 0 Å². The third-order valence-electron chi connectivity index (χ3n) is 9.37. The molecule has 0 saturated carbocycles. The van der Waals surface area contributed by atoms with E-state index in [9.17, 15) is 23.1 Å². The number of alkyl halides is 3. The minimum atomic E-state index is -4.77. The predicted molar refractivity (Wildman–Crippen MR) is 177 cm³/mol. The molecule has 0 amide bonds. The van der Waals surface area contributed by atoms with Gasteiger partial charge in [-0.2, -0.15) is 23.1 Å². The Kier molecular flexibility index (Phi) is 9.37. The summed E-state index contributed by atoms with van der Waals surface area (Å²) in [7, 11) is 0. The maximum Gasteiger partial charge on any atom is 0.429 e. The van der Waals surface area contributed by atoms with Gasteiger partial charge < -0.3 is 30.5 Å². The number of benzene rings is 2. The number of halogens is 3. The van der Waals surface area contributed by atoms with Gasteiger partial charge in [-0.15, -0.1) is 0 Å². The zero-order chi connectivity index (χ0) is 34.1. The van der Waals surface area contributed by atoms with Crippen LogP contribution in [0.5, 0.6) is 11.6 Å². The first kappa shape index (κ1) is 33.3. The number of hydrogen-bond donors (Lipinski definition) is 3. The van der Waals surface area contributed by atoms with Gasteiger partial charge in [0, 0.05) is 37.2 Å². The van der Waals surface area contributed by atoms with Crippen LogP contribution in [0.15, 0.2) is 78.4 Å². The number of carboxylic acids is 1. The average molecular weight is 664 g/mol. The quantitative estimate of drug-likeness (QED) is 0.239. The second kappa shape index (κ2) is 13.5. The van der Waals surface area contributed by atoms with Crippen molar-refractivity contribution in [2.24, 2.45) is 5.41 Å². The van der Waals surface area contributed by atoms with Gasteiger partial charge in [-0.1, -0.05) is 54.6 Å². The smallest absolute Gasteiger partial charge is 0.429 e. The normalized spacial score (nSPS) is 21.5. The average Bonchev–Trinajstić information content (AvgIpc) is 3.47. The summed E-state index contributed by atoms with van der Waals surface area (Å²) in [5.74, 6) is -0.388. The lowest BCUT2D eigenvalue weighted by Crippen LogP contribution is -2.41. The van der Waals surface area contributed by atoms with E-state index in [1.807, 2.05) is 55.2 Å². The van der Waals surface area contributed by atoms with Gasteiger partial charge in [0.2, 0.25) is 17.9 Å². The molecule has 48 heavy (non-hydrogen) atoms. The topological polar surface area (TPSA) is 123 Å². The molecule has 12 heteroatoms. The highest BCUT2D eigenvalue weighted by Crippen LogP contribution is 2.44. The molecule has 3 atom stereocenters. The number of carbonyl (C=O) groups is 1. The van der Waals surface area contributed by atoms with Crippen molar-refractivity contribution in [3.8, 4) is 11.6 Å². The molecule has 6 rings (SSSR count). The number of aliphatic carboxylic acids is 1. The van der Waals surface area contributed by atoms with E-state index in [1.54, 1.807) is 30.3 Å². The minimum absolute atomic E-state index is 0.00470. The Bertz CT molecular complexity index is 1670. The van der Waals surface area contributed by atoms with Crippen LogP contribution in [0.4, 0.5) is 24.9 Å². The van der Waals surface area contributed by atoms with Gasteiger partial charge in [-0.05, 0) is 73.8 Å². The van der Waals surface area contributed by atoms with Gasteiger partial charge in [0.25, 0.3) is 0 Å². The Morgan fingerprint density at radius 3 is 2.40 bits per heavy atom. The molecule has 1 aromatic heterocycles. The number of allylic oxidation sites excluding steroid dienone is 2. The number of piperidine rings is 1. The van der Waals surface area contributed by atoms with E-state index in [2.05, 4.69) is 15.3 Å². The van der Waals surface area contributed by atoms with Crippen LogP contribution in [0.25, 0.3) is 5.57 Å². The molecule has 9 nitrogen and oxygen atoms in total. The number of carboxylic acid groups (broad SMARTS) is 1. The largest absolute Gasteiger partial charge is 0.491 e. The fourth-order valence-corrected chi connectivity index (χ4v) is 6.92. The summed E-state index contributed by atoms with van der Waals surface area (Å²) in [6.45, 7) is 5.59. The van der Waals surface area contributed by atoms with E-state index in [0.717, 1.165) is 11.3 Å². The highest BCUT2D eigenvalue weighted by Gasteiger charge is 2.47. The molecule has 0 bridgehead atoms. The highest BCUT2D eigenvalue weighted by molar-refractivity contribution is 5.82. The number of aromatic nitrogens is 2. The summed E-state index contributed by atoms with van der Waals surface area (Å²) in [4.78, 5) is 21.8. The van der Waals surface area contributed by atoms with Crippen LogP contribution in [-0.2, 0) is 4.79 Å². The summed E-state index contributed by atoms with van der Waals surface area (Å²) < 4.78 is 56.3. The molecule has 3 unspecified atom stereocenters. The number of hydrogen-bond acceptors (Lipinski definition) is 8. The summed E-state index contributed by atoms with van der Waals surface area (Å²) in [6.07, 6.45) is -1.27. The summed E-state index contributed by atoms with van der Waals surface area (Å²) >= 11 is 0. The lowest BCUT2D eigenvalue weighted by atomic mass is 9.76. The van der Waals surface area contributed by atoms with Crippen molar-refractivity contribution >= 4 is 23.3 Å². The fourth-order valence-electron chi connectivity index (χ4n) is 6.92. The maximum absolute atomic E-state index is 14.9. The van der Waals surface area contributed by atoms with Gasteiger partial charge in [0.1, 0.15) is 17.6 Å². The van der Waals surface area contributed by atoms with E-state index in [4.69, 9.17) is 15.2 Å². The van der Waals surface area contributed by atoms with E-state index in [0.29, 0.717) is 62.3 Å². The van der Waals surface area contributed by atoms with E-state index >= 15 is 0 Å². The molecule has 0 radical (unpaired) electrons. The number of ether oxygens (including phenoxy) is 2. The first-order valence-corrected chi connectivity index (χ1v) is 16.2. The molecule has 254 valence electrons. The van der Waals surface area contributed by atoms with Crippen molar-refractivity contribution in [1.29, 1.82) is 0 Å². The molecule has 3 aromatic rings. The van der Waals surface area contributed by atoms with Crippen molar-refractivity contribution in [2.45, 2.75) is 69.9 Å². The van der Waals surface area contributed by atoms with Crippen LogP contribution in [0.3, 0.4) is 0 Å². The van der Waals surface area contributed by atoms with Crippen LogP contribution in [0.2, 0.25) is 0 Å². The summed E-state index contributed by atoms with van der Waals surface area (Å²) in [6, 6.07) is 17.5. The number of nitrogens with two attached hydrogens (primary N) is 1. The first-order valence-electron chi connectivity index (χ1n) is 16.2. The van der Waals surface area contributed by atoms with Crippen LogP contribution < -0.4 is 25.4 Å². The van der Waals surface area contributed by atoms with E-state index in [1.165, 1.54) is 6.07 Å². The highest BCUT2D eigenvalue weighted by atomic mass is 19.4. The molecular formula is C36H40F3N5O4. The van der Waals surface area contributed by atoms with Gasteiger partial charge in [-0.3, -0.25) is 4.79 Å². The molecule has 4 N–H and O–H groups in total. The molecular weight excluding hydrogens is 623 g/mol. The van der Waals surface area contributed by atoms with Gasteiger partial charge in [-0.25, -0.2) is 0 Å². The molecule has 2 aromatic carbocycles.